The lowest BCUT2D eigenvalue weighted by molar-refractivity contribution is 1.13. The molecule has 0 saturated heterocycles. The number of nitrogens with zero attached hydrogens (tertiary/aromatic N) is 1. The average Bonchev–Trinajstić information content (AvgIpc) is 2.29. The number of hydrogen-bond donors (Lipinski definition) is 1. The summed E-state index contributed by atoms with van der Waals surface area (Å²) < 4.78 is 0. The summed E-state index contributed by atoms with van der Waals surface area (Å²) in [6.07, 6.45) is 6.00. The molecule has 2 rings (SSSR count). The molecule has 1 aliphatic rings. The molecule has 1 aromatic rings. The van der Waals surface area contributed by atoms with Crippen molar-refractivity contribution in [1.82, 2.24) is 0 Å². The monoisotopic (exact) mass is 200 g/mol. The van der Waals surface area contributed by atoms with E-state index in [4.69, 9.17) is 0 Å². The Morgan fingerprint density at radius 3 is 2.93 bits per heavy atom. The highest BCUT2D eigenvalue weighted by atomic mass is 15.0. The van der Waals surface area contributed by atoms with Crippen LogP contribution in [0.25, 0.3) is 5.70 Å². The van der Waals surface area contributed by atoms with Crippen LogP contribution in [0.5, 0.6) is 0 Å². The minimum absolute atomic E-state index is 1.02. The fourth-order valence-corrected chi connectivity index (χ4v) is 1.75. The number of hydrogen-bond acceptors (Lipinski definition) is 2. The van der Waals surface area contributed by atoms with Crippen LogP contribution in [0.4, 0.5) is 5.69 Å². The first kappa shape index (κ1) is 9.97. The summed E-state index contributed by atoms with van der Waals surface area (Å²) in [4.78, 5) is 4.36. The van der Waals surface area contributed by atoms with E-state index in [0.29, 0.717) is 0 Å². The maximum absolute atomic E-state index is 4.36. The SMILES string of the molecule is CC/C=C1/N=CNc2ccc(CC)cc21. The smallest absolute Gasteiger partial charge is 0.0930 e. The Balaban J connectivity index is 2.48. The van der Waals surface area contributed by atoms with Gasteiger partial charge in [-0.2, -0.15) is 0 Å². The van der Waals surface area contributed by atoms with Gasteiger partial charge in [0.2, 0.25) is 0 Å². The highest BCUT2D eigenvalue weighted by Gasteiger charge is 2.10. The molecular formula is C13H16N2. The molecule has 1 aliphatic heterocycles. The summed E-state index contributed by atoms with van der Waals surface area (Å²) in [5.41, 5.74) is 4.82. The molecule has 0 unspecified atom stereocenters. The van der Waals surface area contributed by atoms with Crippen LogP contribution < -0.4 is 5.32 Å². The van der Waals surface area contributed by atoms with E-state index in [1.165, 1.54) is 11.1 Å². The van der Waals surface area contributed by atoms with Gasteiger partial charge in [-0.25, -0.2) is 4.99 Å². The Bertz CT molecular complexity index is 417. The van der Waals surface area contributed by atoms with E-state index in [-0.39, 0.29) is 0 Å². The molecule has 0 bridgehead atoms. The lowest BCUT2D eigenvalue weighted by Gasteiger charge is -2.15. The number of allylic oxidation sites excluding steroid dienone is 1. The molecule has 0 aliphatic carbocycles. The molecule has 0 aromatic heterocycles. The Morgan fingerprint density at radius 2 is 2.20 bits per heavy atom. The van der Waals surface area contributed by atoms with E-state index < -0.39 is 0 Å². The van der Waals surface area contributed by atoms with Crippen LogP contribution in [0.2, 0.25) is 0 Å². The largest absolute Gasteiger partial charge is 0.346 e. The van der Waals surface area contributed by atoms with E-state index >= 15 is 0 Å². The summed E-state index contributed by atoms with van der Waals surface area (Å²) in [5, 5.41) is 3.17. The quantitative estimate of drug-likeness (QED) is 0.776. The Hall–Kier alpha value is -1.57. The molecule has 1 N–H and O–H groups in total. The maximum atomic E-state index is 4.36. The Labute approximate surface area is 90.7 Å². The molecule has 0 spiro atoms. The number of rotatable bonds is 2. The number of aliphatic imine (C=N–C) groups is 1. The zero-order valence-electron chi connectivity index (χ0n) is 9.25. The van der Waals surface area contributed by atoms with Crippen LogP contribution in [-0.4, -0.2) is 6.34 Å². The van der Waals surface area contributed by atoms with Crippen molar-refractivity contribution in [3.63, 3.8) is 0 Å². The molecular weight excluding hydrogens is 184 g/mol. The van der Waals surface area contributed by atoms with Crippen molar-refractivity contribution >= 4 is 17.7 Å². The third kappa shape index (κ3) is 1.94. The second-order valence-electron chi connectivity index (χ2n) is 3.63. The summed E-state index contributed by atoms with van der Waals surface area (Å²) in [5.74, 6) is 0. The molecule has 0 radical (unpaired) electrons. The van der Waals surface area contributed by atoms with Gasteiger partial charge in [0.05, 0.1) is 12.0 Å². The molecule has 1 aromatic carbocycles. The topological polar surface area (TPSA) is 24.4 Å². The summed E-state index contributed by atoms with van der Waals surface area (Å²) in [7, 11) is 0. The van der Waals surface area contributed by atoms with Gasteiger partial charge in [-0.15, -0.1) is 0 Å². The Morgan fingerprint density at radius 1 is 1.33 bits per heavy atom. The lowest BCUT2D eigenvalue weighted by Crippen LogP contribution is -2.05. The molecule has 0 saturated carbocycles. The van der Waals surface area contributed by atoms with E-state index in [0.717, 1.165) is 24.2 Å². The number of anilines is 1. The fourth-order valence-electron chi connectivity index (χ4n) is 1.75. The third-order valence-electron chi connectivity index (χ3n) is 2.59. The van der Waals surface area contributed by atoms with Crippen LogP contribution in [0.3, 0.4) is 0 Å². The van der Waals surface area contributed by atoms with Crippen molar-refractivity contribution in [2.75, 3.05) is 5.32 Å². The lowest BCUT2D eigenvalue weighted by atomic mass is 10.0. The van der Waals surface area contributed by atoms with Crippen molar-refractivity contribution in [1.29, 1.82) is 0 Å². The fraction of sp³-hybridized carbons (Fsp3) is 0.308. The van der Waals surface area contributed by atoms with E-state index in [2.05, 4.69) is 48.4 Å². The van der Waals surface area contributed by atoms with E-state index in [1.54, 1.807) is 6.34 Å². The molecule has 2 nitrogen and oxygen atoms in total. The van der Waals surface area contributed by atoms with Gasteiger partial charge in [0.15, 0.2) is 0 Å². The highest BCUT2D eigenvalue weighted by molar-refractivity contribution is 5.92. The number of nitrogens with one attached hydrogen (secondary N) is 1. The molecule has 78 valence electrons. The van der Waals surface area contributed by atoms with Crippen LogP contribution in [-0.2, 0) is 6.42 Å². The van der Waals surface area contributed by atoms with E-state index in [9.17, 15) is 0 Å². The van der Waals surface area contributed by atoms with Crippen molar-refractivity contribution in [2.45, 2.75) is 26.7 Å². The van der Waals surface area contributed by atoms with Crippen molar-refractivity contribution < 1.29 is 0 Å². The first-order valence-corrected chi connectivity index (χ1v) is 5.47. The van der Waals surface area contributed by atoms with Crippen molar-refractivity contribution in [2.24, 2.45) is 4.99 Å². The minimum Gasteiger partial charge on any atom is -0.346 e. The zero-order valence-corrected chi connectivity index (χ0v) is 9.25. The summed E-state index contributed by atoms with van der Waals surface area (Å²) in [6.45, 7) is 4.30. The minimum atomic E-state index is 1.02. The maximum Gasteiger partial charge on any atom is 0.0930 e. The van der Waals surface area contributed by atoms with Crippen LogP contribution in [0.1, 0.15) is 31.4 Å². The first-order chi connectivity index (χ1) is 7.35. The first-order valence-electron chi connectivity index (χ1n) is 5.47. The molecule has 0 fully saturated rings. The van der Waals surface area contributed by atoms with Gasteiger partial charge in [-0.3, -0.25) is 0 Å². The molecule has 0 atom stereocenters. The third-order valence-corrected chi connectivity index (χ3v) is 2.59. The predicted octanol–water partition coefficient (Wildman–Crippen LogP) is 3.45. The number of fused-ring (bicyclic) bond motifs is 1. The van der Waals surface area contributed by atoms with Crippen LogP contribution >= 0.6 is 0 Å². The zero-order chi connectivity index (χ0) is 10.7. The van der Waals surface area contributed by atoms with Crippen molar-refractivity contribution in [3.8, 4) is 0 Å². The second-order valence-corrected chi connectivity index (χ2v) is 3.63. The van der Waals surface area contributed by atoms with Gasteiger partial charge in [0.1, 0.15) is 0 Å². The van der Waals surface area contributed by atoms with Gasteiger partial charge in [0, 0.05) is 11.3 Å². The highest BCUT2D eigenvalue weighted by Crippen LogP contribution is 2.28. The normalized spacial score (nSPS) is 16.3. The van der Waals surface area contributed by atoms with Gasteiger partial charge in [-0.05, 0) is 30.5 Å². The van der Waals surface area contributed by atoms with Gasteiger partial charge >= 0.3 is 0 Å². The predicted molar refractivity (Wildman–Crippen MR) is 66.2 cm³/mol. The summed E-state index contributed by atoms with van der Waals surface area (Å²) in [6, 6.07) is 6.51. The van der Waals surface area contributed by atoms with Crippen LogP contribution in [0, 0.1) is 0 Å². The van der Waals surface area contributed by atoms with Gasteiger partial charge in [0.25, 0.3) is 0 Å². The number of aryl methyl sites for hydroxylation is 1. The van der Waals surface area contributed by atoms with Crippen molar-refractivity contribution in [3.05, 3.63) is 35.4 Å². The van der Waals surface area contributed by atoms with Gasteiger partial charge in [-0.1, -0.05) is 26.0 Å². The molecule has 0 amide bonds. The van der Waals surface area contributed by atoms with Crippen LogP contribution in [0.15, 0.2) is 29.3 Å². The second kappa shape index (κ2) is 4.30. The number of benzene rings is 1. The standard InChI is InChI=1S/C13H16N2/c1-3-5-12-11-8-10(4-2)6-7-13(11)15-9-14-12/h5-9H,3-4H2,1-2H3,(H,14,15)/b12-5+. The summed E-state index contributed by atoms with van der Waals surface area (Å²) >= 11 is 0. The van der Waals surface area contributed by atoms with E-state index in [1.807, 2.05) is 0 Å². The Kier molecular flexibility index (Phi) is 2.86. The molecule has 15 heavy (non-hydrogen) atoms. The average molecular weight is 200 g/mol. The molecule has 1 heterocycles. The van der Waals surface area contributed by atoms with Gasteiger partial charge < -0.3 is 5.32 Å². The molecule has 2 heteroatoms.